The fourth-order valence-electron chi connectivity index (χ4n) is 4.97. The number of aliphatic carboxylic acids is 1. The van der Waals surface area contributed by atoms with Gasteiger partial charge >= 0.3 is 12.1 Å². The van der Waals surface area contributed by atoms with Gasteiger partial charge in [-0.1, -0.05) is 103 Å². The zero-order valence-electron chi connectivity index (χ0n) is 25.1. The van der Waals surface area contributed by atoms with Gasteiger partial charge in [0, 0.05) is 19.0 Å². The second kappa shape index (κ2) is 16.4. The van der Waals surface area contributed by atoms with Crippen LogP contribution in [0.2, 0.25) is 0 Å². The Bertz CT molecular complexity index is 1620. The molecule has 0 saturated carbocycles. The molecule has 0 aliphatic heterocycles. The van der Waals surface area contributed by atoms with E-state index < -0.39 is 49.2 Å². The van der Waals surface area contributed by atoms with E-state index in [1.54, 1.807) is 97.1 Å². The number of ether oxygens (including phenoxy) is 1. The van der Waals surface area contributed by atoms with Crippen LogP contribution in [-0.4, -0.2) is 51.1 Å². The molecule has 0 aliphatic rings. The third-order valence-electron chi connectivity index (χ3n) is 7.42. The number of phenolic OH excluding ortho intramolecular Hbond substituents is 1. The number of hydrogen-bond donors (Lipinski definition) is 5. The van der Waals surface area contributed by atoms with Gasteiger partial charge in [0.15, 0.2) is 0 Å². The van der Waals surface area contributed by atoms with E-state index in [4.69, 9.17) is 4.74 Å². The number of hydrogen-bond acceptors (Lipinski definition) is 6. The predicted molar refractivity (Wildman–Crippen MR) is 173 cm³/mol. The minimum absolute atomic E-state index is 0.00661. The van der Waals surface area contributed by atoms with Crippen molar-refractivity contribution in [2.75, 3.05) is 6.16 Å². The summed E-state index contributed by atoms with van der Waals surface area (Å²) in [5.41, 5.74) is 2.71. The maximum Gasteiger partial charge on any atom is 0.408 e. The Hall–Kier alpha value is -4.92. The lowest BCUT2D eigenvalue weighted by molar-refractivity contribution is -0.142. The van der Waals surface area contributed by atoms with Gasteiger partial charge in [-0.25, -0.2) is 9.59 Å². The number of carbonyl (C=O) groups is 3. The van der Waals surface area contributed by atoms with Crippen LogP contribution >= 0.6 is 7.37 Å². The Balaban J connectivity index is 1.56. The Kier molecular flexibility index (Phi) is 12.1. The third-order valence-corrected chi connectivity index (χ3v) is 9.67. The summed E-state index contributed by atoms with van der Waals surface area (Å²) in [6.07, 6.45) is -1.44. The SMILES string of the molecule is O=C(N[C@@H](Cc1ccccc1)P(=O)(O)CC(Cc1ccccc1)C(=O)NC(Cc1ccc(O)cc1)C(=O)O)OCc1ccccc1. The molecule has 240 valence electrons. The van der Waals surface area contributed by atoms with E-state index in [1.165, 1.54) is 12.1 Å². The van der Waals surface area contributed by atoms with Crippen molar-refractivity contribution in [3.63, 3.8) is 0 Å². The van der Waals surface area contributed by atoms with Crippen LogP contribution in [0.5, 0.6) is 5.75 Å². The molecule has 4 atom stereocenters. The van der Waals surface area contributed by atoms with Crippen molar-refractivity contribution in [2.45, 2.75) is 37.7 Å². The van der Waals surface area contributed by atoms with Crippen molar-refractivity contribution in [2.24, 2.45) is 5.92 Å². The van der Waals surface area contributed by atoms with Crippen LogP contribution in [0.15, 0.2) is 115 Å². The number of phenols is 1. The molecule has 4 aromatic carbocycles. The Morgan fingerprint density at radius 2 is 1.17 bits per heavy atom. The molecule has 10 nitrogen and oxygen atoms in total. The molecule has 0 bridgehead atoms. The topological polar surface area (TPSA) is 162 Å². The molecule has 0 radical (unpaired) electrons. The molecule has 0 fully saturated rings. The summed E-state index contributed by atoms with van der Waals surface area (Å²) in [5.74, 6) is -4.38. The molecular weight excluding hydrogens is 607 g/mol. The van der Waals surface area contributed by atoms with Crippen LogP contribution in [0.1, 0.15) is 22.3 Å². The van der Waals surface area contributed by atoms with Gasteiger partial charge in [-0.15, -0.1) is 0 Å². The van der Waals surface area contributed by atoms with Crippen LogP contribution in [0.25, 0.3) is 0 Å². The maximum atomic E-state index is 14.1. The van der Waals surface area contributed by atoms with Gasteiger partial charge in [0.05, 0.1) is 5.92 Å². The van der Waals surface area contributed by atoms with Gasteiger partial charge < -0.3 is 30.5 Å². The fraction of sp³-hybridized carbons (Fsp3) is 0.229. The molecule has 4 aromatic rings. The normalized spacial score (nSPS) is 14.2. The number of alkyl carbamates (subject to hydrolysis) is 1. The van der Waals surface area contributed by atoms with Crippen molar-refractivity contribution >= 4 is 25.3 Å². The van der Waals surface area contributed by atoms with E-state index in [0.29, 0.717) is 16.7 Å². The second-order valence-corrected chi connectivity index (χ2v) is 13.5. The van der Waals surface area contributed by atoms with Gasteiger partial charge in [-0.3, -0.25) is 9.36 Å². The standard InChI is InChI=1S/C35H37N2O8P/c38-30-18-16-27(17-19-30)21-31(34(40)41)36-33(39)29(20-25-10-4-1-5-11-25)24-46(43,44)32(22-26-12-6-2-7-13-26)37-35(42)45-23-28-14-8-3-9-15-28/h1-19,29,31-32,38H,20-24H2,(H,36,39)(H,37,42)(H,40,41)(H,43,44)/t29?,31?,32-/m1/s1. The molecule has 46 heavy (non-hydrogen) atoms. The number of aromatic hydroxyl groups is 1. The van der Waals surface area contributed by atoms with E-state index in [2.05, 4.69) is 10.6 Å². The first kappa shape index (κ1) is 34.0. The molecule has 4 rings (SSSR count). The smallest absolute Gasteiger partial charge is 0.408 e. The monoisotopic (exact) mass is 644 g/mol. The van der Waals surface area contributed by atoms with Crippen LogP contribution < -0.4 is 10.6 Å². The maximum absolute atomic E-state index is 14.1. The molecular formula is C35H37N2O8P. The third kappa shape index (κ3) is 10.6. The number of carbonyl (C=O) groups excluding carboxylic acids is 2. The predicted octanol–water partition coefficient (Wildman–Crippen LogP) is 5.13. The second-order valence-electron chi connectivity index (χ2n) is 11.0. The van der Waals surface area contributed by atoms with E-state index in [-0.39, 0.29) is 31.6 Å². The van der Waals surface area contributed by atoms with Crippen LogP contribution in [0.4, 0.5) is 4.79 Å². The molecule has 0 aliphatic carbocycles. The average molecular weight is 645 g/mol. The van der Waals surface area contributed by atoms with E-state index in [0.717, 1.165) is 5.56 Å². The zero-order valence-corrected chi connectivity index (χ0v) is 26.0. The highest BCUT2D eigenvalue weighted by atomic mass is 31.2. The quantitative estimate of drug-likeness (QED) is 0.111. The van der Waals surface area contributed by atoms with Crippen LogP contribution in [0.3, 0.4) is 0 Å². The van der Waals surface area contributed by atoms with Gasteiger partial charge in [0.2, 0.25) is 13.3 Å². The summed E-state index contributed by atoms with van der Waals surface area (Å²) >= 11 is 0. The van der Waals surface area contributed by atoms with E-state index in [1.807, 2.05) is 6.07 Å². The van der Waals surface area contributed by atoms with E-state index >= 15 is 0 Å². The highest BCUT2D eigenvalue weighted by Crippen LogP contribution is 2.48. The first-order chi connectivity index (χ1) is 22.1. The number of nitrogens with one attached hydrogen (secondary N) is 2. The van der Waals surface area contributed by atoms with Crippen LogP contribution in [-0.2, 0) is 44.8 Å². The molecule has 2 amide bonds. The molecule has 3 unspecified atom stereocenters. The largest absolute Gasteiger partial charge is 0.508 e. The minimum Gasteiger partial charge on any atom is -0.508 e. The Morgan fingerprint density at radius 3 is 1.72 bits per heavy atom. The lowest BCUT2D eigenvalue weighted by Gasteiger charge is -2.28. The van der Waals surface area contributed by atoms with Crippen molar-refractivity contribution < 1.29 is 38.8 Å². The van der Waals surface area contributed by atoms with Gasteiger partial charge in [-0.2, -0.15) is 0 Å². The molecule has 0 heterocycles. The van der Waals surface area contributed by atoms with Crippen molar-refractivity contribution in [3.05, 3.63) is 138 Å². The summed E-state index contributed by atoms with van der Waals surface area (Å²) in [4.78, 5) is 50.2. The molecule has 5 N–H and O–H groups in total. The molecule has 11 heteroatoms. The summed E-state index contributed by atoms with van der Waals surface area (Å²) in [5, 5.41) is 24.6. The summed E-state index contributed by atoms with van der Waals surface area (Å²) in [6.45, 7) is -0.0445. The number of carboxylic acid groups (broad SMARTS) is 1. The fourth-order valence-corrected chi connectivity index (χ4v) is 6.96. The van der Waals surface area contributed by atoms with Crippen molar-refractivity contribution in [1.29, 1.82) is 0 Å². The van der Waals surface area contributed by atoms with Crippen molar-refractivity contribution in [1.82, 2.24) is 10.6 Å². The highest BCUT2D eigenvalue weighted by Gasteiger charge is 2.38. The highest BCUT2D eigenvalue weighted by molar-refractivity contribution is 7.58. The van der Waals surface area contributed by atoms with E-state index in [9.17, 15) is 34.1 Å². The average Bonchev–Trinajstić information content (AvgIpc) is 3.05. The summed E-state index contributed by atoms with van der Waals surface area (Å²) in [7, 11) is -4.35. The first-order valence-electron chi connectivity index (χ1n) is 14.8. The zero-order chi connectivity index (χ0) is 32.9. The lowest BCUT2D eigenvalue weighted by Crippen LogP contribution is -2.46. The summed E-state index contributed by atoms with van der Waals surface area (Å²) < 4.78 is 19.5. The summed E-state index contributed by atoms with van der Waals surface area (Å²) in [6, 6.07) is 31.4. The van der Waals surface area contributed by atoms with Crippen molar-refractivity contribution in [3.8, 4) is 5.75 Å². The number of benzene rings is 4. The van der Waals surface area contributed by atoms with Gasteiger partial charge in [-0.05, 0) is 40.8 Å². The number of amides is 2. The number of carboxylic acids is 1. The Morgan fingerprint density at radius 1 is 0.674 bits per heavy atom. The van der Waals surface area contributed by atoms with Gasteiger partial charge in [0.25, 0.3) is 0 Å². The van der Waals surface area contributed by atoms with Crippen LogP contribution in [0, 0.1) is 5.92 Å². The molecule has 0 spiro atoms. The minimum atomic E-state index is -4.35. The lowest BCUT2D eigenvalue weighted by atomic mass is 9.99. The molecule has 0 saturated heterocycles. The Labute approximate surface area is 267 Å². The van der Waals surface area contributed by atoms with Gasteiger partial charge in [0.1, 0.15) is 24.2 Å². The molecule has 0 aromatic heterocycles. The first-order valence-corrected chi connectivity index (χ1v) is 16.7. The number of rotatable bonds is 15.